The van der Waals surface area contributed by atoms with Crippen LogP contribution in [-0.2, 0) is 27.4 Å². The van der Waals surface area contributed by atoms with Crippen molar-refractivity contribution in [3.8, 4) is 0 Å². The first-order valence-corrected chi connectivity index (χ1v) is 9.81. The highest BCUT2D eigenvalue weighted by molar-refractivity contribution is 6.62. The van der Waals surface area contributed by atoms with E-state index in [1.165, 1.54) is 17.0 Å². The Bertz CT molecular complexity index is 947. The summed E-state index contributed by atoms with van der Waals surface area (Å²) in [7, 11) is 0.505. The molecular formula is C22H25BFNO5. The van der Waals surface area contributed by atoms with Crippen molar-refractivity contribution in [1.29, 1.82) is 0 Å². The zero-order valence-corrected chi connectivity index (χ0v) is 17.5. The Kier molecular flexibility index (Phi) is 6.58. The molecule has 2 aromatic rings. The maximum absolute atomic E-state index is 13.2. The highest BCUT2D eigenvalue weighted by atomic mass is 19.1. The SMILES string of the molecule is Cc1c(C(=O)N(C)C(C(=O)OCc2ccc(F)cc2)C(C)C)ccc2c1B(O)OC2. The average molecular weight is 413 g/mol. The molecule has 30 heavy (non-hydrogen) atoms. The molecule has 6 nitrogen and oxygen atoms in total. The third-order valence-electron chi connectivity index (χ3n) is 5.38. The minimum absolute atomic E-state index is 0.00817. The van der Waals surface area contributed by atoms with Crippen LogP contribution < -0.4 is 5.46 Å². The van der Waals surface area contributed by atoms with Gasteiger partial charge in [-0.1, -0.05) is 32.0 Å². The number of fused-ring (bicyclic) bond motifs is 1. The molecule has 1 aliphatic rings. The third-order valence-corrected chi connectivity index (χ3v) is 5.38. The summed E-state index contributed by atoms with van der Waals surface area (Å²) in [5, 5.41) is 10.0. The topological polar surface area (TPSA) is 76.1 Å². The third kappa shape index (κ3) is 4.39. The molecule has 1 atom stereocenters. The van der Waals surface area contributed by atoms with E-state index in [0.717, 1.165) is 5.56 Å². The molecule has 0 aliphatic carbocycles. The number of ether oxygens (including phenoxy) is 1. The lowest BCUT2D eigenvalue weighted by Gasteiger charge is -2.30. The Hall–Kier alpha value is -2.71. The molecule has 1 unspecified atom stereocenters. The molecule has 158 valence electrons. The highest BCUT2D eigenvalue weighted by Crippen LogP contribution is 2.20. The quantitative estimate of drug-likeness (QED) is 0.581. The molecule has 3 rings (SSSR count). The first kappa shape index (κ1) is 22.0. The Balaban J connectivity index is 1.77. The fourth-order valence-corrected chi connectivity index (χ4v) is 3.75. The summed E-state index contributed by atoms with van der Waals surface area (Å²) in [5.41, 5.74) is 3.14. The van der Waals surface area contributed by atoms with Gasteiger partial charge in [0.15, 0.2) is 0 Å². The predicted octanol–water partition coefficient (Wildman–Crippen LogP) is 2.19. The zero-order valence-electron chi connectivity index (χ0n) is 17.5. The van der Waals surface area contributed by atoms with E-state index in [1.807, 2.05) is 13.8 Å². The van der Waals surface area contributed by atoms with Crippen LogP contribution in [0.15, 0.2) is 36.4 Å². The molecule has 8 heteroatoms. The van der Waals surface area contributed by atoms with Crippen LogP contribution in [0.25, 0.3) is 0 Å². The monoisotopic (exact) mass is 413 g/mol. The summed E-state index contributed by atoms with van der Waals surface area (Å²) in [4.78, 5) is 27.3. The molecule has 2 aromatic carbocycles. The average Bonchev–Trinajstić information content (AvgIpc) is 3.09. The van der Waals surface area contributed by atoms with Crippen molar-refractivity contribution in [2.45, 2.75) is 40.0 Å². The maximum atomic E-state index is 13.2. The molecule has 0 radical (unpaired) electrons. The maximum Gasteiger partial charge on any atom is 0.492 e. The van der Waals surface area contributed by atoms with Crippen LogP contribution in [0.4, 0.5) is 4.39 Å². The minimum atomic E-state index is -1.06. The number of nitrogens with zero attached hydrogens (tertiary/aromatic N) is 1. The second kappa shape index (κ2) is 8.98. The zero-order chi connectivity index (χ0) is 22.0. The standard InChI is InChI=1S/C22H25BFNO5/c1-13(2)20(22(27)29-11-15-5-8-17(24)9-6-15)25(4)21(26)18-10-7-16-12-30-23(28)19(16)14(18)3/h5-10,13,20,28H,11-12H2,1-4H3. The first-order chi connectivity index (χ1) is 14.2. The number of carbonyl (C=O) groups is 2. The lowest BCUT2D eigenvalue weighted by Crippen LogP contribution is -2.47. The molecule has 1 aliphatic heterocycles. The largest absolute Gasteiger partial charge is 0.492 e. The van der Waals surface area contributed by atoms with E-state index in [1.54, 1.807) is 38.2 Å². The number of esters is 1. The van der Waals surface area contributed by atoms with Gasteiger partial charge in [-0.2, -0.15) is 0 Å². The summed E-state index contributed by atoms with van der Waals surface area (Å²) >= 11 is 0. The van der Waals surface area contributed by atoms with Crippen LogP contribution in [0.2, 0.25) is 0 Å². The van der Waals surface area contributed by atoms with Gasteiger partial charge in [0.2, 0.25) is 0 Å². The van der Waals surface area contributed by atoms with Crippen molar-refractivity contribution in [3.05, 3.63) is 64.5 Å². The smallest absolute Gasteiger partial charge is 0.459 e. The van der Waals surface area contributed by atoms with Gasteiger partial charge in [-0.25, -0.2) is 9.18 Å². The van der Waals surface area contributed by atoms with Crippen molar-refractivity contribution in [2.75, 3.05) is 7.05 Å². The molecule has 0 bridgehead atoms. The van der Waals surface area contributed by atoms with Crippen LogP contribution in [0, 0.1) is 18.7 Å². The van der Waals surface area contributed by atoms with Crippen molar-refractivity contribution in [1.82, 2.24) is 4.90 Å². The van der Waals surface area contributed by atoms with E-state index in [2.05, 4.69) is 0 Å². The van der Waals surface area contributed by atoms with Gasteiger partial charge >= 0.3 is 13.1 Å². The molecular weight excluding hydrogens is 388 g/mol. The summed E-state index contributed by atoms with van der Waals surface area (Å²) in [6.45, 7) is 5.72. The van der Waals surface area contributed by atoms with E-state index in [9.17, 15) is 19.0 Å². The predicted molar refractivity (Wildman–Crippen MR) is 110 cm³/mol. The lowest BCUT2D eigenvalue weighted by atomic mass is 9.75. The molecule has 1 N–H and O–H groups in total. The number of amides is 1. The summed E-state index contributed by atoms with van der Waals surface area (Å²) in [6.07, 6.45) is 0. The van der Waals surface area contributed by atoms with Gasteiger partial charge in [-0.15, -0.1) is 0 Å². The van der Waals surface area contributed by atoms with Crippen LogP contribution in [0.3, 0.4) is 0 Å². The Morgan fingerprint density at radius 1 is 1.23 bits per heavy atom. The van der Waals surface area contributed by atoms with Crippen LogP contribution in [-0.4, -0.2) is 42.0 Å². The Morgan fingerprint density at radius 3 is 2.53 bits per heavy atom. The van der Waals surface area contributed by atoms with Gasteiger partial charge in [0.1, 0.15) is 18.5 Å². The van der Waals surface area contributed by atoms with Crippen LogP contribution in [0.1, 0.15) is 40.9 Å². The van der Waals surface area contributed by atoms with Gasteiger partial charge in [-0.05, 0) is 53.2 Å². The minimum Gasteiger partial charge on any atom is -0.459 e. The van der Waals surface area contributed by atoms with Crippen LogP contribution in [0.5, 0.6) is 0 Å². The number of hydrogen-bond acceptors (Lipinski definition) is 5. The number of hydrogen-bond donors (Lipinski definition) is 1. The molecule has 0 aromatic heterocycles. The van der Waals surface area contributed by atoms with E-state index in [4.69, 9.17) is 9.39 Å². The first-order valence-electron chi connectivity index (χ1n) is 9.81. The summed E-state index contributed by atoms with van der Waals surface area (Å²) in [5.74, 6) is -1.43. The number of likely N-dealkylation sites (N-methyl/N-ethyl adjacent to an activating group) is 1. The Labute approximate surface area is 175 Å². The fourth-order valence-electron chi connectivity index (χ4n) is 3.75. The van der Waals surface area contributed by atoms with Crippen molar-refractivity contribution in [2.24, 2.45) is 5.92 Å². The molecule has 0 fully saturated rings. The molecule has 0 saturated heterocycles. The normalized spacial score (nSPS) is 13.9. The van der Waals surface area contributed by atoms with Crippen molar-refractivity contribution < 1.29 is 28.4 Å². The molecule has 1 heterocycles. The number of benzene rings is 2. The lowest BCUT2D eigenvalue weighted by molar-refractivity contribution is -0.151. The highest BCUT2D eigenvalue weighted by Gasteiger charge is 2.35. The van der Waals surface area contributed by atoms with Gasteiger partial charge < -0.3 is 19.3 Å². The summed E-state index contributed by atoms with van der Waals surface area (Å²) < 4.78 is 23.7. The van der Waals surface area contributed by atoms with Crippen molar-refractivity contribution in [3.63, 3.8) is 0 Å². The van der Waals surface area contributed by atoms with Gasteiger partial charge in [-0.3, -0.25) is 4.79 Å². The van der Waals surface area contributed by atoms with E-state index >= 15 is 0 Å². The van der Waals surface area contributed by atoms with Gasteiger partial charge in [0.25, 0.3) is 5.91 Å². The molecule has 1 amide bonds. The van der Waals surface area contributed by atoms with E-state index in [-0.39, 0.29) is 24.2 Å². The second-order valence-corrected chi connectivity index (χ2v) is 7.81. The molecule has 0 spiro atoms. The van der Waals surface area contributed by atoms with E-state index in [0.29, 0.717) is 28.8 Å². The fraction of sp³-hybridized carbons (Fsp3) is 0.364. The van der Waals surface area contributed by atoms with Gasteiger partial charge in [0.05, 0.1) is 6.61 Å². The number of halogens is 1. The van der Waals surface area contributed by atoms with E-state index < -0.39 is 19.1 Å². The summed E-state index contributed by atoms with van der Waals surface area (Å²) in [6, 6.07) is 8.34. The number of carbonyl (C=O) groups excluding carboxylic acids is 2. The van der Waals surface area contributed by atoms with Crippen LogP contribution >= 0.6 is 0 Å². The van der Waals surface area contributed by atoms with Gasteiger partial charge in [0, 0.05) is 12.6 Å². The number of rotatable bonds is 6. The van der Waals surface area contributed by atoms with Crippen molar-refractivity contribution >= 4 is 24.5 Å². The molecule has 0 saturated carbocycles. The second-order valence-electron chi connectivity index (χ2n) is 7.81. The Morgan fingerprint density at radius 2 is 1.90 bits per heavy atom.